The molecule has 2 aliphatic rings. The Morgan fingerprint density at radius 2 is 1.70 bits per heavy atom. The van der Waals surface area contributed by atoms with Crippen LogP contribution < -0.4 is 4.90 Å². The van der Waals surface area contributed by atoms with Crippen LogP contribution in [0.2, 0.25) is 10.0 Å². The summed E-state index contributed by atoms with van der Waals surface area (Å²) in [5.74, 6) is -0.185. The van der Waals surface area contributed by atoms with Gasteiger partial charge in [-0.1, -0.05) is 35.3 Å². The molecule has 0 saturated carbocycles. The zero-order valence-electron chi connectivity index (χ0n) is 17.8. The van der Waals surface area contributed by atoms with Crippen molar-refractivity contribution in [2.45, 2.75) is 12.6 Å². The molecule has 0 bridgehead atoms. The van der Waals surface area contributed by atoms with Crippen LogP contribution >= 0.6 is 23.2 Å². The van der Waals surface area contributed by atoms with Crippen LogP contribution in [0.15, 0.2) is 66.7 Å². The van der Waals surface area contributed by atoms with Crippen molar-refractivity contribution in [3.05, 3.63) is 99.2 Å². The second-order valence-electron chi connectivity index (χ2n) is 8.42. The molecule has 1 amide bonds. The molecular weight excluding hydrogens is 457 g/mol. The van der Waals surface area contributed by atoms with Crippen LogP contribution in [0.25, 0.3) is 10.9 Å². The number of nitrogens with zero attached hydrogens (tertiary/aromatic N) is 3. The summed E-state index contributed by atoms with van der Waals surface area (Å²) < 4.78 is 1.75. The number of halogens is 2. The number of para-hydroxylation sites is 1. The van der Waals surface area contributed by atoms with Gasteiger partial charge in [0.1, 0.15) is 6.17 Å². The minimum absolute atomic E-state index is 0.0202. The molecule has 3 heterocycles. The van der Waals surface area contributed by atoms with E-state index in [4.69, 9.17) is 23.2 Å². The second kappa shape index (κ2) is 7.37. The average molecular weight is 476 g/mol. The van der Waals surface area contributed by atoms with E-state index in [0.29, 0.717) is 34.1 Å². The fourth-order valence-corrected chi connectivity index (χ4v) is 5.48. The number of hydrogen-bond donors (Lipinski definition) is 0. The van der Waals surface area contributed by atoms with E-state index in [9.17, 15) is 9.59 Å². The summed E-state index contributed by atoms with van der Waals surface area (Å²) in [5.41, 5.74) is 4.70. The Labute approximate surface area is 200 Å². The summed E-state index contributed by atoms with van der Waals surface area (Å²) in [4.78, 5) is 31.2. The van der Waals surface area contributed by atoms with Crippen LogP contribution in [0, 0.1) is 0 Å². The van der Waals surface area contributed by atoms with E-state index >= 15 is 0 Å². The highest BCUT2D eigenvalue weighted by molar-refractivity contribution is 6.31. The van der Waals surface area contributed by atoms with Crippen LogP contribution in [0.5, 0.6) is 0 Å². The summed E-state index contributed by atoms with van der Waals surface area (Å²) >= 11 is 12.4. The van der Waals surface area contributed by atoms with Crippen molar-refractivity contribution in [1.29, 1.82) is 0 Å². The maximum atomic E-state index is 13.9. The molecule has 5 nitrogen and oxygen atoms in total. The molecule has 0 fully saturated rings. The maximum Gasteiger partial charge on any atom is 0.262 e. The first kappa shape index (κ1) is 20.3. The highest BCUT2D eigenvalue weighted by atomic mass is 35.5. The molecule has 0 saturated heterocycles. The topological polar surface area (TPSA) is 45.6 Å². The van der Waals surface area contributed by atoms with E-state index in [-0.39, 0.29) is 11.8 Å². The molecule has 4 aromatic rings. The first-order valence-electron chi connectivity index (χ1n) is 10.7. The van der Waals surface area contributed by atoms with Gasteiger partial charge < -0.3 is 9.80 Å². The summed E-state index contributed by atoms with van der Waals surface area (Å²) in [5, 5.41) is 2.12. The number of rotatable bonds is 1. The van der Waals surface area contributed by atoms with Gasteiger partial charge in [-0.3, -0.25) is 14.2 Å². The van der Waals surface area contributed by atoms with Gasteiger partial charge in [0.05, 0.1) is 22.5 Å². The van der Waals surface area contributed by atoms with Crippen LogP contribution in [0.4, 0.5) is 5.69 Å². The molecule has 3 aromatic carbocycles. The van der Waals surface area contributed by atoms with Gasteiger partial charge in [-0.05, 0) is 66.6 Å². The lowest BCUT2D eigenvalue weighted by molar-refractivity contribution is 0.0624. The Hall–Kier alpha value is -3.28. The van der Waals surface area contributed by atoms with E-state index in [2.05, 4.69) is 4.90 Å². The van der Waals surface area contributed by atoms with E-state index in [0.717, 1.165) is 27.8 Å². The molecule has 164 valence electrons. The van der Waals surface area contributed by atoms with Crippen LogP contribution in [-0.4, -0.2) is 34.9 Å². The SMILES string of the molecule is CN1c2ccccc2C(=O)N2CCc3c(n(C(=O)c4ccc(Cl)cc4)c4ccc(Cl)cc34)C21. The maximum absolute atomic E-state index is 13.9. The fourth-order valence-electron chi connectivity index (χ4n) is 5.18. The van der Waals surface area contributed by atoms with E-state index in [1.54, 1.807) is 34.9 Å². The summed E-state index contributed by atoms with van der Waals surface area (Å²) in [6.45, 7) is 0.565. The molecule has 6 rings (SSSR count). The van der Waals surface area contributed by atoms with E-state index in [1.807, 2.05) is 48.3 Å². The Bertz CT molecular complexity index is 1460. The van der Waals surface area contributed by atoms with Gasteiger partial charge in [-0.2, -0.15) is 0 Å². The van der Waals surface area contributed by atoms with Gasteiger partial charge >= 0.3 is 0 Å². The Kier molecular flexibility index (Phi) is 4.54. The van der Waals surface area contributed by atoms with Crippen molar-refractivity contribution in [3.63, 3.8) is 0 Å². The lowest BCUT2D eigenvalue weighted by Gasteiger charge is -2.46. The van der Waals surface area contributed by atoms with Crippen molar-refractivity contribution in [2.24, 2.45) is 0 Å². The first-order valence-corrected chi connectivity index (χ1v) is 11.5. The summed E-state index contributed by atoms with van der Waals surface area (Å²) in [7, 11) is 1.97. The molecule has 0 N–H and O–H groups in total. The monoisotopic (exact) mass is 475 g/mol. The number of carbonyl (C=O) groups excluding carboxylic acids is 2. The average Bonchev–Trinajstić information content (AvgIpc) is 3.15. The van der Waals surface area contributed by atoms with Gasteiger partial charge in [0.2, 0.25) is 0 Å². The lowest BCUT2D eigenvalue weighted by Crippen LogP contribution is -2.51. The highest BCUT2D eigenvalue weighted by Crippen LogP contribution is 2.45. The third-order valence-corrected chi connectivity index (χ3v) is 7.14. The third kappa shape index (κ3) is 2.93. The zero-order chi connectivity index (χ0) is 22.9. The largest absolute Gasteiger partial charge is 0.349 e. The molecule has 33 heavy (non-hydrogen) atoms. The van der Waals surface area contributed by atoms with Crippen LogP contribution in [0.3, 0.4) is 0 Å². The Morgan fingerprint density at radius 1 is 0.970 bits per heavy atom. The molecule has 0 aliphatic carbocycles. The number of aromatic nitrogens is 1. The first-order chi connectivity index (χ1) is 16.0. The Morgan fingerprint density at radius 3 is 2.48 bits per heavy atom. The van der Waals surface area contributed by atoms with Gasteiger partial charge in [0.25, 0.3) is 11.8 Å². The summed E-state index contributed by atoms with van der Waals surface area (Å²) in [6, 6.07) is 20.1. The minimum Gasteiger partial charge on any atom is -0.349 e. The third-order valence-electron chi connectivity index (χ3n) is 6.65. The number of benzene rings is 3. The molecule has 1 aromatic heterocycles. The number of fused-ring (bicyclic) bond motifs is 6. The lowest BCUT2D eigenvalue weighted by atomic mass is 9.96. The standard InChI is InChI=1S/C26H19Cl2N3O2/c1-29-21-5-3-2-4-19(21)26(33)30-13-12-18-20-14-17(28)10-11-22(20)31(23(18)24(29)30)25(32)15-6-8-16(27)9-7-15/h2-11,14,24H,12-13H2,1H3. The second-order valence-corrected chi connectivity index (χ2v) is 9.30. The number of hydrogen-bond acceptors (Lipinski definition) is 3. The normalized spacial score (nSPS) is 17.1. The zero-order valence-corrected chi connectivity index (χ0v) is 19.3. The van der Waals surface area contributed by atoms with E-state index < -0.39 is 6.17 Å². The van der Waals surface area contributed by atoms with Gasteiger partial charge in [-0.25, -0.2) is 0 Å². The van der Waals surface area contributed by atoms with Gasteiger partial charge in [0.15, 0.2) is 0 Å². The smallest absolute Gasteiger partial charge is 0.262 e. The molecule has 1 atom stereocenters. The van der Waals surface area contributed by atoms with Crippen molar-refractivity contribution in [2.75, 3.05) is 18.5 Å². The predicted molar refractivity (Wildman–Crippen MR) is 130 cm³/mol. The molecule has 1 unspecified atom stereocenters. The minimum atomic E-state index is -0.404. The van der Waals surface area contributed by atoms with E-state index in [1.165, 1.54) is 0 Å². The molecular formula is C26H19Cl2N3O2. The fraction of sp³-hybridized carbons (Fsp3) is 0.154. The number of amides is 1. The molecule has 0 radical (unpaired) electrons. The van der Waals surface area contributed by atoms with Gasteiger partial charge in [0, 0.05) is 34.6 Å². The highest BCUT2D eigenvalue weighted by Gasteiger charge is 2.43. The number of carbonyl (C=O) groups is 2. The quantitative estimate of drug-likeness (QED) is 0.350. The molecule has 0 spiro atoms. The Balaban J connectivity index is 1.63. The number of anilines is 1. The van der Waals surface area contributed by atoms with Crippen molar-refractivity contribution in [1.82, 2.24) is 9.47 Å². The molecule has 7 heteroatoms. The van der Waals surface area contributed by atoms with Gasteiger partial charge in [-0.15, -0.1) is 0 Å². The van der Waals surface area contributed by atoms with Crippen molar-refractivity contribution in [3.8, 4) is 0 Å². The van der Waals surface area contributed by atoms with Crippen LogP contribution in [0.1, 0.15) is 38.1 Å². The predicted octanol–water partition coefficient (Wildman–Crippen LogP) is 5.78. The van der Waals surface area contributed by atoms with Crippen LogP contribution in [-0.2, 0) is 6.42 Å². The molecule has 2 aliphatic heterocycles. The van der Waals surface area contributed by atoms with Crippen molar-refractivity contribution < 1.29 is 9.59 Å². The van der Waals surface area contributed by atoms with Crippen molar-refractivity contribution >= 4 is 51.6 Å². The summed E-state index contributed by atoms with van der Waals surface area (Å²) in [6.07, 6.45) is 0.240.